The minimum absolute atomic E-state index is 0.0139. The summed E-state index contributed by atoms with van der Waals surface area (Å²) >= 11 is 3.36. The number of benzene rings is 1. The maximum atomic E-state index is 10.3. The smallest absolute Gasteiger partial charge is 0.151 e. The number of rotatable bonds is 2. The number of aldehydes is 1. The molecule has 3 heteroatoms. The lowest BCUT2D eigenvalue weighted by Crippen LogP contribution is -1.88. The van der Waals surface area contributed by atoms with Crippen molar-refractivity contribution in [3.05, 3.63) is 34.3 Å². The van der Waals surface area contributed by atoms with E-state index in [4.69, 9.17) is 4.74 Å². The number of carbonyl (C=O) groups is 1. The molecule has 1 fully saturated rings. The summed E-state index contributed by atoms with van der Waals surface area (Å²) in [5.41, 5.74) is 1.06. The van der Waals surface area contributed by atoms with Crippen LogP contribution in [0, 0.1) is 0 Å². The van der Waals surface area contributed by atoms with Crippen molar-refractivity contribution >= 4 is 22.2 Å². The summed E-state index contributed by atoms with van der Waals surface area (Å²) in [6.07, 6.45) is 0.602. The van der Waals surface area contributed by atoms with Crippen molar-refractivity contribution in [1.29, 1.82) is 0 Å². The summed E-state index contributed by atoms with van der Waals surface area (Å²) < 4.78 is 6.13. The van der Waals surface area contributed by atoms with Crippen molar-refractivity contribution in [2.24, 2.45) is 0 Å². The van der Waals surface area contributed by atoms with E-state index in [1.165, 1.54) is 0 Å². The van der Waals surface area contributed by atoms with Gasteiger partial charge in [-0.05, 0) is 17.7 Å². The molecule has 12 heavy (non-hydrogen) atoms. The summed E-state index contributed by atoms with van der Waals surface area (Å²) in [6.45, 7) is 0. The number of ether oxygens (including phenoxy) is 1. The van der Waals surface area contributed by atoms with Crippen LogP contribution >= 0.6 is 15.9 Å². The first-order chi connectivity index (χ1) is 5.81. The normalized spacial score (nSPS) is 26.8. The lowest BCUT2D eigenvalue weighted by Gasteiger charge is -1.94. The molecule has 0 unspecified atom stereocenters. The zero-order valence-corrected chi connectivity index (χ0v) is 7.82. The van der Waals surface area contributed by atoms with Gasteiger partial charge in [0, 0.05) is 4.47 Å². The van der Waals surface area contributed by atoms with Crippen LogP contribution in [0.4, 0.5) is 0 Å². The Morgan fingerprint density at radius 2 is 2.33 bits per heavy atom. The van der Waals surface area contributed by atoms with Gasteiger partial charge in [-0.25, -0.2) is 0 Å². The molecule has 1 aromatic rings. The molecular formula is C9H7BrO2. The van der Waals surface area contributed by atoms with E-state index in [9.17, 15) is 4.79 Å². The quantitative estimate of drug-likeness (QED) is 0.571. The highest BCUT2D eigenvalue weighted by molar-refractivity contribution is 9.10. The molecule has 0 N–H and O–H groups in total. The third-order valence-corrected chi connectivity index (χ3v) is 2.33. The van der Waals surface area contributed by atoms with Crippen molar-refractivity contribution in [2.75, 3.05) is 0 Å². The first kappa shape index (κ1) is 7.95. The van der Waals surface area contributed by atoms with Gasteiger partial charge in [0.05, 0.1) is 0 Å². The third kappa shape index (κ3) is 1.42. The van der Waals surface area contributed by atoms with Gasteiger partial charge in [0.15, 0.2) is 6.29 Å². The molecule has 1 aliphatic rings. The van der Waals surface area contributed by atoms with E-state index in [2.05, 4.69) is 15.9 Å². The van der Waals surface area contributed by atoms with Crippen LogP contribution in [0.25, 0.3) is 0 Å². The van der Waals surface area contributed by atoms with E-state index in [1.54, 1.807) is 0 Å². The zero-order valence-electron chi connectivity index (χ0n) is 6.24. The summed E-state index contributed by atoms with van der Waals surface area (Å²) in [6, 6.07) is 7.80. The molecule has 0 aromatic heterocycles. The fourth-order valence-corrected chi connectivity index (χ4v) is 1.60. The van der Waals surface area contributed by atoms with Gasteiger partial charge >= 0.3 is 0 Å². The van der Waals surface area contributed by atoms with Gasteiger partial charge in [0.2, 0.25) is 0 Å². The standard InChI is InChI=1S/C9H7BrO2/c10-7-3-1-2-6(4-7)9-8(5-11)12-9/h1-5,8-9H/t8-,9-/m0/s1. The molecule has 2 rings (SSSR count). The summed E-state index contributed by atoms with van der Waals surface area (Å²) in [4.78, 5) is 10.3. The number of epoxide rings is 1. The van der Waals surface area contributed by atoms with Gasteiger partial charge in [0.1, 0.15) is 12.2 Å². The molecular weight excluding hydrogens is 220 g/mol. The number of carbonyl (C=O) groups excluding carboxylic acids is 1. The topological polar surface area (TPSA) is 29.6 Å². The molecule has 0 spiro atoms. The van der Waals surface area contributed by atoms with Crippen LogP contribution in [0.15, 0.2) is 28.7 Å². The second-order valence-corrected chi connectivity index (χ2v) is 3.63. The van der Waals surface area contributed by atoms with Gasteiger partial charge in [-0.3, -0.25) is 0 Å². The Balaban J connectivity index is 2.19. The first-order valence-corrected chi connectivity index (χ1v) is 4.47. The Bertz CT molecular complexity index is 311. The number of hydrogen-bond donors (Lipinski definition) is 0. The molecule has 2 nitrogen and oxygen atoms in total. The SMILES string of the molecule is O=C[C@@H]1O[C@H]1c1cccc(Br)c1. The van der Waals surface area contributed by atoms with Crippen molar-refractivity contribution in [3.8, 4) is 0 Å². The Hall–Kier alpha value is -0.670. The molecule has 1 heterocycles. The fraction of sp³-hybridized carbons (Fsp3) is 0.222. The lowest BCUT2D eigenvalue weighted by molar-refractivity contribution is -0.108. The molecule has 0 radical (unpaired) electrons. The van der Waals surface area contributed by atoms with Gasteiger partial charge in [-0.2, -0.15) is 0 Å². The Kier molecular flexibility index (Phi) is 1.98. The van der Waals surface area contributed by atoms with Crippen LogP contribution in [0.2, 0.25) is 0 Å². The second-order valence-electron chi connectivity index (χ2n) is 2.71. The number of hydrogen-bond acceptors (Lipinski definition) is 2. The predicted octanol–water partition coefficient (Wildman–Crippen LogP) is 2.09. The van der Waals surface area contributed by atoms with Crippen LogP contribution < -0.4 is 0 Å². The molecule has 0 saturated carbocycles. The highest BCUT2D eigenvalue weighted by Gasteiger charge is 2.39. The largest absolute Gasteiger partial charge is 0.357 e. The van der Waals surface area contributed by atoms with Crippen LogP contribution in [-0.2, 0) is 9.53 Å². The van der Waals surface area contributed by atoms with E-state index < -0.39 is 0 Å². The average molecular weight is 227 g/mol. The molecule has 1 aliphatic heterocycles. The molecule has 0 amide bonds. The minimum atomic E-state index is -0.223. The average Bonchev–Trinajstić information content (AvgIpc) is 2.83. The van der Waals surface area contributed by atoms with E-state index in [0.717, 1.165) is 16.3 Å². The zero-order chi connectivity index (χ0) is 8.55. The molecule has 1 aromatic carbocycles. The summed E-state index contributed by atoms with van der Waals surface area (Å²) in [5, 5.41) is 0. The van der Waals surface area contributed by atoms with Gasteiger partial charge < -0.3 is 9.53 Å². The third-order valence-electron chi connectivity index (χ3n) is 1.84. The number of halogens is 1. The molecule has 0 aliphatic carbocycles. The Labute approximate surface area is 78.7 Å². The van der Waals surface area contributed by atoms with Gasteiger partial charge in [-0.1, -0.05) is 28.1 Å². The fourth-order valence-electron chi connectivity index (χ4n) is 1.18. The maximum absolute atomic E-state index is 10.3. The molecule has 0 bridgehead atoms. The van der Waals surface area contributed by atoms with Crippen molar-refractivity contribution in [3.63, 3.8) is 0 Å². The van der Waals surface area contributed by atoms with E-state index in [0.29, 0.717) is 0 Å². The summed E-state index contributed by atoms with van der Waals surface area (Å²) in [7, 11) is 0. The molecule has 1 saturated heterocycles. The molecule has 62 valence electrons. The van der Waals surface area contributed by atoms with Crippen molar-refractivity contribution in [1.82, 2.24) is 0 Å². The van der Waals surface area contributed by atoms with Gasteiger partial charge in [-0.15, -0.1) is 0 Å². The van der Waals surface area contributed by atoms with Crippen molar-refractivity contribution < 1.29 is 9.53 Å². The highest BCUT2D eigenvalue weighted by atomic mass is 79.9. The van der Waals surface area contributed by atoms with Crippen LogP contribution in [0.3, 0.4) is 0 Å². The molecule has 2 atom stereocenters. The highest BCUT2D eigenvalue weighted by Crippen LogP contribution is 2.37. The van der Waals surface area contributed by atoms with E-state index in [1.807, 2.05) is 24.3 Å². The monoisotopic (exact) mass is 226 g/mol. The summed E-state index contributed by atoms with van der Waals surface area (Å²) in [5.74, 6) is 0. The lowest BCUT2D eigenvalue weighted by atomic mass is 10.1. The second kappa shape index (κ2) is 2.99. The van der Waals surface area contributed by atoms with Gasteiger partial charge in [0.25, 0.3) is 0 Å². The van der Waals surface area contributed by atoms with Crippen LogP contribution in [0.5, 0.6) is 0 Å². The van der Waals surface area contributed by atoms with Crippen LogP contribution in [0.1, 0.15) is 11.7 Å². The first-order valence-electron chi connectivity index (χ1n) is 3.67. The Morgan fingerprint density at radius 3 is 2.92 bits per heavy atom. The van der Waals surface area contributed by atoms with E-state index >= 15 is 0 Å². The Morgan fingerprint density at radius 1 is 1.50 bits per heavy atom. The van der Waals surface area contributed by atoms with E-state index in [-0.39, 0.29) is 12.2 Å². The minimum Gasteiger partial charge on any atom is -0.357 e. The predicted molar refractivity (Wildman–Crippen MR) is 47.8 cm³/mol. The maximum Gasteiger partial charge on any atom is 0.151 e. The van der Waals surface area contributed by atoms with Crippen molar-refractivity contribution in [2.45, 2.75) is 12.2 Å². The van der Waals surface area contributed by atoms with Crippen LogP contribution in [-0.4, -0.2) is 12.4 Å².